The number of carbonyl (C=O) groups excluding carboxylic acids is 1. The monoisotopic (exact) mass is 378 g/mol. The van der Waals surface area contributed by atoms with Gasteiger partial charge in [-0.3, -0.25) is 19.8 Å². The van der Waals surface area contributed by atoms with Crippen LogP contribution >= 0.6 is 0 Å². The molecular weight excluding hydrogens is 356 g/mol. The normalized spacial score (nSPS) is 14.9. The summed E-state index contributed by atoms with van der Waals surface area (Å²) in [5, 5.41) is 20.0. The van der Waals surface area contributed by atoms with Crippen LogP contribution in [0.3, 0.4) is 0 Å². The summed E-state index contributed by atoms with van der Waals surface area (Å²) in [5.74, 6) is -0.0745. The van der Waals surface area contributed by atoms with Crippen molar-refractivity contribution in [2.45, 2.75) is 19.4 Å². The van der Waals surface area contributed by atoms with Crippen LogP contribution in [0.1, 0.15) is 23.1 Å². The van der Waals surface area contributed by atoms with Crippen LogP contribution in [-0.4, -0.2) is 46.8 Å². The standard InChI is InChI=1S/C21H22N4O3/c22-15-17-6-8-18(9-7-17)16-23-10-3-11-24(13-12-23)21(26)14-19-4-1-2-5-20(19)25(27)28/h1-2,4-9H,3,10-14,16H2. The fourth-order valence-electron chi connectivity index (χ4n) is 3.43. The highest BCUT2D eigenvalue weighted by Gasteiger charge is 2.22. The fraction of sp³-hybridized carbons (Fsp3) is 0.333. The first-order valence-corrected chi connectivity index (χ1v) is 9.28. The average molecular weight is 378 g/mol. The molecule has 0 saturated carbocycles. The number of nitro benzene ring substituents is 1. The minimum Gasteiger partial charge on any atom is -0.341 e. The topological polar surface area (TPSA) is 90.5 Å². The molecule has 144 valence electrons. The van der Waals surface area contributed by atoms with Gasteiger partial charge in [0.05, 0.1) is 23.0 Å². The molecular formula is C21H22N4O3. The lowest BCUT2D eigenvalue weighted by molar-refractivity contribution is -0.385. The summed E-state index contributed by atoms with van der Waals surface area (Å²) in [6, 6.07) is 16.1. The Morgan fingerprint density at radius 1 is 1.07 bits per heavy atom. The van der Waals surface area contributed by atoms with Gasteiger partial charge in [-0.25, -0.2) is 0 Å². The van der Waals surface area contributed by atoms with Gasteiger partial charge >= 0.3 is 0 Å². The molecule has 7 heteroatoms. The van der Waals surface area contributed by atoms with E-state index >= 15 is 0 Å². The Labute approximate surface area is 163 Å². The quantitative estimate of drug-likeness (QED) is 0.589. The number of para-hydroxylation sites is 1. The van der Waals surface area contributed by atoms with Gasteiger partial charge in [-0.1, -0.05) is 30.3 Å². The van der Waals surface area contributed by atoms with Crippen LogP contribution in [0.25, 0.3) is 0 Å². The predicted octanol–water partition coefficient (Wildman–Crippen LogP) is 2.74. The number of nitro groups is 1. The number of carbonyl (C=O) groups is 1. The van der Waals surface area contributed by atoms with Crippen LogP contribution in [0, 0.1) is 21.4 Å². The van der Waals surface area contributed by atoms with Crippen molar-refractivity contribution in [2.75, 3.05) is 26.2 Å². The number of nitrogens with zero attached hydrogens (tertiary/aromatic N) is 4. The minimum atomic E-state index is -0.440. The molecule has 1 aliphatic rings. The zero-order valence-corrected chi connectivity index (χ0v) is 15.6. The van der Waals surface area contributed by atoms with Crippen molar-refractivity contribution in [3.05, 3.63) is 75.3 Å². The number of hydrogen-bond acceptors (Lipinski definition) is 5. The molecule has 0 unspecified atom stereocenters. The lowest BCUT2D eigenvalue weighted by Crippen LogP contribution is -2.36. The molecule has 0 N–H and O–H groups in total. The van der Waals surface area contributed by atoms with Gasteiger partial charge in [0.15, 0.2) is 0 Å². The van der Waals surface area contributed by atoms with E-state index in [1.807, 2.05) is 24.3 Å². The van der Waals surface area contributed by atoms with Gasteiger partial charge in [0.1, 0.15) is 0 Å². The summed E-state index contributed by atoms with van der Waals surface area (Å²) in [7, 11) is 0. The molecule has 0 bridgehead atoms. The van der Waals surface area contributed by atoms with E-state index in [1.54, 1.807) is 23.1 Å². The predicted molar refractivity (Wildman–Crippen MR) is 104 cm³/mol. The van der Waals surface area contributed by atoms with Gasteiger partial charge in [0.25, 0.3) is 5.69 Å². The summed E-state index contributed by atoms with van der Waals surface area (Å²) in [5.41, 5.74) is 2.23. The van der Waals surface area contributed by atoms with Crippen molar-refractivity contribution in [1.82, 2.24) is 9.80 Å². The molecule has 7 nitrogen and oxygen atoms in total. The van der Waals surface area contributed by atoms with Gasteiger partial charge < -0.3 is 4.90 Å². The third kappa shape index (κ3) is 4.93. The molecule has 1 aliphatic heterocycles. The van der Waals surface area contributed by atoms with E-state index in [0.29, 0.717) is 24.2 Å². The molecule has 0 atom stereocenters. The zero-order valence-electron chi connectivity index (χ0n) is 15.6. The van der Waals surface area contributed by atoms with Crippen LogP contribution in [0.4, 0.5) is 5.69 Å². The van der Waals surface area contributed by atoms with E-state index in [4.69, 9.17) is 5.26 Å². The minimum absolute atomic E-state index is 0.00638. The van der Waals surface area contributed by atoms with Gasteiger partial charge in [-0.05, 0) is 24.1 Å². The van der Waals surface area contributed by atoms with E-state index in [-0.39, 0.29) is 18.0 Å². The van der Waals surface area contributed by atoms with Crippen molar-refractivity contribution in [3.63, 3.8) is 0 Å². The van der Waals surface area contributed by atoms with E-state index in [0.717, 1.165) is 31.6 Å². The Morgan fingerprint density at radius 2 is 1.82 bits per heavy atom. The Balaban J connectivity index is 1.58. The Hall–Kier alpha value is -3.24. The molecule has 0 spiro atoms. The second kappa shape index (κ2) is 9.11. The molecule has 1 saturated heterocycles. The molecule has 2 aromatic rings. The summed E-state index contributed by atoms with van der Waals surface area (Å²) in [6.07, 6.45) is 0.908. The van der Waals surface area contributed by atoms with Gasteiger partial charge in [-0.15, -0.1) is 0 Å². The smallest absolute Gasteiger partial charge is 0.273 e. The molecule has 1 amide bonds. The lowest BCUT2D eigenvalue weighted by Gasteiger charge is -2.22. The number of amides is 1. The summed E-state index contributed by atoms with van der Waals surface area (Å²) in [6.45, 7) is 3.68. The highest BCUT2D eigenvalue weighted by Crippen LogP contribution is 2.19. The van der Waals surface area contributed by atoms with Crippen molar-refractivity contribution in [1.29, 1.82) is 5.26 Å². The Kier molecular flexibility index (Phi) is 6.35. The van der Waals surface area contributed by atoms with Crippen molar-refractivity contribution < 1.29 is 9.72 Å². The molecule has 28 heavy (non-hydrogen) atoms. The van der Waals surface area contributed by atoms with Crippen LogP contribution in [0.2, 0.25) is 0 Å². The van der Waals surface area contributed by atoms with Crippen molar-refractivity contribution in [3.8, 4) is 6.07 Å². The fourth-order valence-corrected chi connectivity index (χ4v) is 3.43. The zero-order chi connectivity index (χ0) is 19.9. The molecule has 1 fully saturated rings. The molecule has 0 radical (unpaired) electrons. The van der Waals surface area contributed by atoms with Crippen molar-refractivity contribution in [2.24, 2.45) is 0 Å². The van der Waals surface area contributed by atoms with Gasteiger partial charge in [0, 0.05) is 44.4 Å². The summed E-state index contributed by atoms with van der Waals surface area (Å²) in [4.78, 5) is 27.5. The highest BCUT2D eigenvalue weighted by molar-refractivity contribution is 5.80. The highest BCUT2D eigenvalue weighted by atomic mass is 16.6. The first-order valence-electron chi connectivity index (χ1n) is 9.28. The number of nitriles is 1. The van der Waals surface area contributed by atoms with Crippen LogP contribution in [0.15, 0.2) is 48.5 Å². The third-order valence-corrected chi connectivity index (χ3v) is 4.96. The van der Waals surface area contributed by atoms with E-state index in [9.17, 15) is 14.9 Å². The molecule has 2 aromatic carbocycles. The SMILES string of the molecule is N#Cc1ccc(CN2CCCN(C(=O)Cc3ccccc3[N+](=O)[O-])CC2)cc1. The largest absolute Gasteiger partial charge is 0.341 e. The first kappa shape index (κ1) is 19.5. The first-order chi connectivity index (χ1) is 13.6. The number of benzene rings is 2. The maximum Gasteiger partial charge on any atom is 0.273 e. The Bertz CT molecular complexity index is 889. The van der Waals surface area contributed by atoms with Crippen LogP contribution in [0.5, 0.6) is 0 Å². The Morgan fingerprint density at radius 3 is 2.54 bits per heavy atom. The second-order valence-corrected chi connectivity index (χ2v) is 6.88. The lowest BCUT2D eigenvalue weighted by atomic mass is 10.1. The second-order valence-electron chi connectivity index (χ2n) is 6.88. The third-order valence-electron chi connectivity index (χ3n) is 4.96. The maximum atomic E-state index is 12.7. The maximum absolute atomic E-state index is 12.7. The van der Waals surface area contributed by atoms with E-state index < -0.39 is 4.92 Å². The van der Waals surface area contributed by atoms with Crippen molar-refractivity contribution >= 4 is 11.6 Å². The molecule has 1 heterocycles. The number of rotatable bonds is 5. The summed E-state index contributed by atoms with van der Waals surface area (Å²) < 4.78 is 0. The van der Waals surface area contributed by atoms with Gasteiger partial charge in [-0.2, -0.15) is 5.26 Å². The molecule has 3 rings (SSSR count). The molecule has 0 aromatic heterocycles. The van der Waals surface area contributed by atoms with E-state index in [1.165, 1.54) is 6.07 Å². The van der Waals surface area contributed by atoms with Crippen LogP contribution in [-0.2, 0) is 17.8 Å². The van der Waals surface area contributed by atoms with E-state index in [2.05, 4.69) is 11.0 Å². The summed E-state index contributed by atoms with van der Waals surface area (Å²) >= 11 is 0. The van der Waals surface area contributed by atoms with Crippen LogP contribution < -0.4 is 0 Å². The van der Waals surface area contributed by atoms with Gasteiger partial charge in [0.2, 0.25) is 5.91 Å². The number of hydrogen-bond donors (Lipinski definition) is 0. The molecule has 0 aliphatic carbocycles. The average Bonchev–Trinajstić information content (AvgIpc) is 2.94.